The third-order valence-electron chi connectivity index (χ3n) is 2.25. The van der Waals surface area contributed by atoms with Gasteiger partial charge in [0.15, 0.2) is 0 Å². The summed E-state index contributed by atoms with van der Waals surface area (Å²) in [5.41, 5.74) is 1.57. The fourth-order valence-corrected chi connectivity index (χ4v) is 1.35. The zero-order valence-electron chi connectivity index (χ0n) is 8.92. The average molecular weight is 216 g/mol. The molecule has 0 bridgehead atoms. The lowest BCUT2D eigenvalue weighted by molar-refractivity contribution is 0.0942. The van der Waals surface area contributed by atoms with Crippen LogP contribution in [-0.2, 0) is 13.6 Å². The molecule has 0 spiro atoms. The van der Waals surface area contributed by atoms with Gasteiger partial charge in [-0.2, -0.15) is 0 Å². The van der Waals surface area contributed by atoms with E-state index in [-0.39, 0.29) is 5.91 Å². The van der Waals surface area contributed by atoms with Crippen molar-refractivity contribution < 1.29 is 4.79 Å². The first-order valence-corrected chi connectivity index (χ1v) is 4.91. The quantitative estimate of drug-likeness (QED) is 0.823. The molecule has 0 radical (unpaired) electrons. The first-order chi connectivity index (χ1) is 7.77. The Morgan fingerprint density at radius 3 is 2.75 bits per heavy atom. The molecule has 1 amide bonds. The van der Waals surface area contributed by atoms with Crippen molar-refractivity contribution in [3.05, 3.63) is 48.3 Å². The summed E-state index contributed by atoms with van der Waals surface area (Å²) < 4.78 is 1.68. The van der Waals surface area contributed by atoms with Crippen molar-refractivity contribution in [2.75, 3.05) is 0 Å². The van der Waals surface area contributed by atoms with E-state index >= 15 is 0 Å². The molecule has 0 aromatic carbocycles. The molecule has 0 saturated carbocycles. The number of nitrogens with one attached hydrogen (secondary N) is 1. The van der Waals surface area contributed by atoms with Crippen LogP contribution < -0.4 is 5.32 Å². The number of rotatable bonds is 3. The molecule has 82 valence electrons. The van der Waals surface area contributed by atoms with Gasteiger partial charge >= 0.3 is 0 Å². The van der Waals surface area contributed by atoms with Crippen LogP contribution in [0.5, 0.6) is 0 Å². The van der Waals surface area contributed by atoms with Gasteiger partial charge in [-0.1, -0.05) is 0 Å². The Hall–Kier alpha value is -2.17. The Labute approximate surface area is 93.2 Å². The largest absolute Gasteiger partial charge is 0.347 e. The second-order valence-electron chi connectivity index (χ2n) is 3.43. The number of aromatic nitrogens is 3. The number of amides is 1. The highest BCUT2D eigenvalue weighted by molar-refractivity contribution is 5.92. The second kappa shape index (κ2) is 4.57. The molecule has 0 unspecified atom stereocenters. The number of hydrogen-bond acceptors (Lipinski definition) is 3. The Morgan fingerprint density at radius 2 is 2.12 bits per heavy atom. The zero-order valence-corrected chi connectivity index (χ0v) is 8.92. The highest BCUT2D eigenvalue weighted by atomic mass is 16.1. The molecule has 0 saturated heterocycles. The molecule has 0 aliphatic heterocycles. The van der Waals surface area contributed by atoms with Crippen molar-refractivity contribution >= 4 is 5.91 Å². The number of carbonyl (C=O) groups is 1. The van der Waals surface area contributed by atoms with E-state index in [1.807, 2.05) is 12.1 Å². The lowest BCUT2D eigenvalue weighted by Gasteiger charge is -2.04. The van der Waals surface area contributed by atoms with Gasteiger partial charge in [0.25, 0.3) is 5.91 Å². The fraction of sp³-hybridized carbons (Fsp3) is 0.182. The minimum absolute atomic E-state index is 0.128. The van der Waals surface area contributed by atoms with Crippen molar-refractivity contribution in [3.8, 4) is 0 Å². The molecule has 0 atom stereocenters. The molecule has 2 heterocycles. The number of imidazole rings is 1. The van der Waals surface area contributed by atoms with E-state index in [9.17, 15) is 4.79 Å². The van der Waals surface area contributed by atoms with Crippen LogP contribution in [-0.4, -0.2) is 20.4 Å². The third-order valence-corrected chi connectivity index (χ3v) is 2.25. The maximum absolute atomic E-state index is 11.7. The van der Waals surface area contributed by atoms with Gasteiger partial charge in [0.2, 0.25) is 0 Å². The van der Waals surface area contributed by atoms with Crippen LogP contribution in [0.1, 0.15) is 16.1 Å². The van der Waals surface area contributed by atoms with Gasteiger partial charge in [-0.25, -0.2) is 4.98 Å². The monoisotopic (exact) mass is 216 g/mol. The first-order valence-electron chi connectivity index (χ1n) is 4.91. The van der Waals surface area contributed by atoms with E-state index in [2.05, 4.69) is 15.3 Å². The van der Waals surface area contributed by atoms with Gasteiger partial charge in [0, 0.05) is 26.0 Å². The first kappa shape index (κ1) is 10.4. The number of nitrogens with zero attached hydrogens (tertiary/aromatic N) is 3. The molecule has 16 heavy (non-hydrogen) atoms. The van der Waals surface area contributed by atoms with Crippen LogP contribution in [0.15, 0.2) is 37.1 Å². The molecule has 5 heteroatoms. The molecule has 2 rings (SSSR count). The van der Waals surface area contributed by atoms with Gasteiger partial charge in [-0.3, -0.25) is 9.78 Å². The zero-order chi connectivity index (χ0) is 11.4. The molecule has 5 nitrogen and oxygen atoms in total. The summed E-state index contributed by atoms with van der Waals surface area (Å²) in [5.74, 6) is -0.128. The lowest BCUT2D eigenvalue weighted by atomic mass is 10.2. The van der Waals surface area contributed by atoms with Crippen molar-refractivity contribution in [2.45, 2.75) is 6.54 Å². The summed E-state index contributed by atoms with van der Waals surface area (Å²) in [7, 11) is 1.79. The molecule has 1 N–H and O–H groups in total. The van der Waals surface area contributed by atoms with Crippen LogP contribution in [0.2, 0.25) is 0 Å². The molecular weight excluding hydrogens is 204 g/mol. The van der Waals surface area contributed by atoms with Gasteiger partial charge < -0.3 is 9.88 Å². The normalized spacial score (nSPS) is 10.1. The van der Waals surface area contributed by atoms with Crippen LogP contribution in [0.3, 0.4) is 0 Å². The highest BCUT2D eigenvalue weighted by Gasteiger charge is 2.08. The van der Waals surface area contributed by atoms with Crippen LogP contribution >= 0.6 is 0 Å². The number of hydrogen-bond donors (Lipinski definition) is 1. The predicted octanol–water partition coefficient (Wildman–Crippen LogP) is 0.745. The number of pyridine rings is 1. The maximum Gasteiger partial charge on any atom is 0.269 e. The Balaban J connectivity index is 1.97. The minimum atomic E-state index is -0.128. The number of aryl methyl sites for hydroxylation is 1. The Bertz CT molecular complexity index is 478. The summed E-state index contributed by atoms with van der Waals surface area (Å²) in [6.45, 7) is 0.493. The van der Waals surface area contributed by atoms with E-state index in [0.29, 0.717) is 12.2 Å². The summed E-state index contributed by atoms with van der Waals surface area (Å²) >= 11 is 0. The van der Waals surface area contributed by atoms with E-state index in [0.717, 1.165) is 5.56 Å². The molecule has 0 aliphatic rings. The van der Waals surface area contributed by atoms with Crippen LogP contribution in [0, 0.1) is 0 Å². The van der Waals surface area contributed by atoms with E-state index in [4.69, 9.17) is 0 Å². The smallest absolute Gasteiger partial charge is 0.269 e. The van der Waals surface area contributed by atoms with Crippen molar-refractivity contribution in [1.29, 1.82) is 0 Å². The van der Waals surface area contributed by atoms with Crippen molar-refractivity contribution in [1.82, 2.24) is 19.9 Å². The number of carbonyl (C=O) groups excluding carboxylic acids is 1. The Morgan fingerprint density at radius 1 is 1.38 bits per heavy atom. The van der Waals surface area contributed by atoms with Crippen LogP contribution in [0.4, 0.5) is 0 Å². The molecule has 2 aromatic rings. The van der Waals surface area contributed by atoms with Gasteiger partial charge in [0.1, 0.15) is 5.69 Å². The average Bonchev–Trinajstić information content (AvgIpc) is 2.74. The molecular formula is C11H12N4O. The summed E-state index contributed by atoms with van der Waals surface area (Å²) in [4.78, 5) is 19.5. The van der Waals surface area contributed by atoms with Crippen molar-refractivity contribution in [3.63, 3.8) is 0 Å². The standard InChI is InChI=1S/C11H12N4O/c1-15-8-13-7-10(15)11(16)14-6-9-2-4-12-5-3-9/h2-5,7-8H,6H2,1H3,(H,14,16). The van der Waals surface area contributed by atoms with Gasteiger partial charge in [-0.15, -0.1) is 0 Å². The van der Waals surface area contributed by atoms with Gasteiger partial charge in [0.05, 0.1) is 12.5 Å². The second-order valence-corrected chi connectivity index (χ2v) is 3.43. The van der Waals surface area contributed by atoms with E-state index < -0.39 is 0 Å². The summed E-state index contributed by atoms with van der Waals surface area (Å²) in [5, 5.41) is 2.81. The van der Waals surface area contributed by atoms with E-state index in [1.54, 1.807) is 36.5 Å². The topological polar surface area (TPSA) is 59.8 Å². The van der Waals surface area contributed by atoms with E-state index in [1.165, 1.54) is 0 Å². The molecule has 0 aliphatic carbocycles. The highest BCUT2D eigenvalue weighted by Crippen LogP contribution is 1.99. The fourth-order valence-electron chi connectivity index (χ4n) is 1.35. The maximum atomic E-state index is 11.7. The predicted molar refractivity (Wildman–Crippen MR) is 58.6 cm³/mol. The minimum Gasteiger partial charge on any atom is -0.347 e. The molecule has 2 aromatic heterocycles. The molecule has 0 fully saturated rings. The third kappa shape index (κ3) is 2.25. The SMILES string of the molecule is Cn1cncc1C(=O)NCc1ccncc1. The lowest BCUT2D eigenvalue weighted by Crippen LogP contribution is -2.24. The summed E-state index contributed by atoms with van der Waals surface area (Å²) in [6, 6.07) is 3.73. The van der Waals surface area contributed by atoms with Crippen LogP contribution in [0.25, 0.3) is 0 Å². The summed E-state index contributed by atoms with van der Waals surface area (Å²) in [6.07, 6.45) is 6.54. The Kier molecular flexibility index (Phi) is 2.95. The van der Waals surface area contributed by atoms with Gasteiger partial charge in [-0.05, 0) is 17.7 Å². The van der Waals surface area contributed by atoms with Crippen molar-refractivity contribution in [2.24, 2.45) is 7.05 Å².